The first-order valence-corrected chi connectivity index (χ1v) is 5.99. The molecule has 1 aromatic carbocycles. The van der Waals surface area contributed by atoms with Gasteiger partial charge in [-0.2, -0.15) is 0 Å². The molecule has 0 aliphatic rings. The summed E-state index contributed by atoms with van der Waals surface area (Å²) in [5, 5.41) is 3.25. The quantitative estimate of drug-likeness (QED) is 0.672. The van der Waals surface area contributed by atoms with Gasteiger partial charge in [0.2, 0.25) is 0 Å². The predicted molar refractivity (Wildman–Crippen MR) is 65.9 cm³/mol. The van der Waals surface area contributed by atoms with Gasteiger partial charge in [0, 0.05) is 19.8 Å². The summed E-state index contributed by atoms with van der Waals surface area (Å²) in [6.07, 6.45) is 1.00. The van der Waals surface area contributed by atoms with Crippen LogP contribution in [0.1, 0.15) is 13.3 Å². The molecule has 0 aromatic heterocycles. The third-order valence-electron chi connectivity index (χ3n) is 2.21. The molecule has 0 atom stereocenters. The van der Waals surface area contributed by atoms with E-state index in [4.69, 9.17) is 9.47 Å². The van der Waals surface area contributed by atoms with Gasteiger partial charge in [-0.25, -0.2) is 4.39 Å². The Morgan fingerprint density at radius 1 is 1.12 bits per heavy atom. The highest BCUT2D eigenvalue weighted by molar-refractivity contribution is 5.21. The summed E-state index contributed by atoms with van der Waals surface area (Å²) < 4.78 is 23.2. The summed E-state index contributed by atoms with van der Waals surface area (Å²) in [5.74, 6) is 0.453. The Hall–Kier alpha value is -1.13. The lowest BCUT2D eigenvalue weighted by Crippen LogP contribution is -2.23. The molecule has 0 heterocycles. The van der Waals surface area contributed by atoms with E-state index in [-0.39, 0.29) is 5.82 Å². The molecule has 1 aromatic rings. The first-order chi connectivity index (χ1) is 8.33. The summed E-state index contributed by atoms with van der Waals surface area (Å²) in [7, 11) is 0. The first kappa shape index (κ1) is 13.9. The number of hydrogen-bond acceptors (Lipinski definition) is 3. The molecule has 1 rings (SSSR count). The molecule has 17 heavy (non-hydrogen) atoms. The normalized spacial score (nSPS) is 10.5. The Labute approximate surface area is 102 Å². The molecular formula is C13H20FNO2. The van der Waals surface area contributed by atoms with Crippen LogP contribution in [0.15, 0.2) is 24.3 Å². The highest BCUT2D eigenvalue weighted by Crippen LogP contribution is 2.10. The Balaban J connectivity index is 1.95. The Morgan fingerprint density at radius 3 is 2.59 bits per heavy atom. The van der Waals surface area contributed by atoms with E-state index in [1.54, 1.807) is 12.1 Å². The van der Waals surface area contributed by atoms with Crippen molar-refractivity contribution in [1.82, 2.24) is 5.32 Å². The van der Waals surface area contributed by atoms with Crippen molar-refractivity contribution in [3.05, 3.63) is 30.1 Å². The van der Waals surface area contributed by atoms with Gasteiger partial charge in [0.05, 0.1) is 0 Å². The van der Waals surface area contributed by atoms with E-state index in [2.05, 4.69) is 5.32 Å². The molecule has 96 valence electrons. The largest absolute Gasteiger partial charge is 0.492 e. The van der Waals surface area contributed by atoms with E-state index < -0.39 is 0 Å². The van der Waals surface area contributed by atoms with Crippen LogP contribution in [0, 0.1) is 5.82 Å². The molecule has 3 nitrogen and oxygen atoms in total. The van der Waals surface area contributed by atoms with Gasteiger partial charge < -0.3 is 14.8 Å². The molecule has 0 saturated carbocycles. The van der Waals surface area contributed by atoms with E-state index in [0.29, 0.717) is 12.4 Å². The number of halogens is 1. The van der Waals surface area contributed by atoms with Crippen molar-refractivity contribution in [3.8, 4) is 5.75 Å². The van der Waals surface area contributed by atoms with Crippen molar-refractivity contribution in [3.63, 3.8) is 0 Å². The molecule has 0 aliphatic heterocycles. The molecule has 0 aliphatic carbocycles. The van der Waals surface area contributed by atoms with E-state index in [1.807, 2.05) is 6.92 Å². The molecule has 0 bridgehead atoms. The van der Waals surface area contributed by atoms with Crippen molar-refractivity contribution in [1.29, 1.82) is 0 Å². The topological polar surface area (TPSA) is 30.5 Å². The standard InChI is InChI=1S/C13H20FNO2/c1-2-16-10-3-8-15-9-11-17-13-6-4-12(14)5-7-13/h4-7,15H,2-3,8-11H2,1H3. The van der Waals surface area contributed by atoms with Gasteiger partial charge in [-0.15, -0.1) is 0 Å². The highest BCUT2D eigenvalue weighted by atomic mass is 19.1. The zero-order valence-electron chi connectivity index (χ0n) is 10.2. The second-order valence-electron chi connectivity index (χ2n) is 3.60. The van der Waals surface area contributed by atoms with E-state index >= 15 is 0 Å². The van der Waals surface area contributed by atoms with Crippen LogP contribution in [0.2, 0.25) is 0 Å². The zero-order valence-corrected chi connectivity index (χ0v) is 10.2. The minimum Gasteiger partial charge on any atom is -0.492 e. The summed E-state index contributed by atoms with van der Waals surface area (Å²) in [6, 6.07) is 6.05. The van der Waals surface area contributed by atoms with Crippen LogP contribution in [-0.4, -0.2) is 32.9 Å². The summed E-state index contributed by atoms with van der Waals surface area (Å²) >= 11 is 0. The van der Waals surface area contributed by atoms with Crippen molar-refractivity contribution in [2.75, 3.05) is 32.9 Å². The lowest BCUT2D eigenvalue weighted by molar-refractivity contribution is 0.144. The van der Waals surface area contributed by atoms with Gasteiger partial charge in [-0.3, -0.25) is 0 Å². The van der Waals surface area contributed by atoms with Gasteiger partial charge in [-0.05, 0) is 44.2 Å². The number of benzene rings is 1. The molecule has 0 radical (unpaired) electrons. The van der Waals surface area contributed by atoms with E-state index in [9.17, 15) is 4.39 Å². The fraction of sp³-hybridized carbons (Fsp3) is 0.538. The van der Waals surface area contributed by atoms with Gasteiger partial charge >= 0.3 is 0 Å². The Bertz CT molecular complexity index is 290. The van der Waals surface area contributed by atoms with Gasteiger partial charge in [-0.1, -0.05) is 0 Å². The maximum absolute atomic E-state index is 12.6. The van der Waals surface area contributed by atoms with Crippen LogP contribution in [-0.2, 0) is 4.74 Å². The molecule has 1 N–H and O–H groups in total. The molecule has 0 saturated heterocycles. The monoisotopic (exact) mass is 241 g/mol. The van der Waals surface area contributed by atoms with Crippen molar-refractivity contribution in [2.24, 2.45) is 0 Å². The van der Waals surface area contributed by atoms with Crippen LogP contribution >= 0.6 is 0 Å². The van der Waals surface area contributed by atoms with Crippen LogP contribution in [0.25, 0.3) is 0 Å². The maximum Gasteiger partial charge on any atom is 0.123 e. The second kappa shape index (κ2) is 8.96. The molecule has 0 amide bonds. The van der Waals surface area contributed by atoms with Crippen LogP contribution in [0.5, 0.6) is 5.75 Å². The fourth-order valence-electron chi connectivity index (χ4n) is 1.34. The number of ether oxygens (including phenoxy) is 2. The number of rotatable bonds is 9. The Kier molecular flexibility index (Phi) is 7.34. The van der Waals surface area contributed by atoms with Gasteiger partial charge in [0.25, 0.3) is 0 Å². The van der Waals surface area contributed by atoms with Crippen LogP contribution in [0.3, 0.4) is 0 Å². The number of hydrogen-bond donors (Lipinski definition) is 1. The second-order valence-corrected chi connectivity index (χ2v) is 3.60. The minimum absolute atomic E-state index is 0.244. The SMILES string of the molecule is CCOCCCNCCOc1ccc(F)cc1. The van der Waals surface area contributed by atoms with Crippen molar-refractivity contribution >= 4 is 0 Å². The third kappa shape index (κ3) is 6.92. The lowest BCUT2D eigenvalue weighted by Gasteiger charge is -2.07. The average Bonchev–Trinajstić information content (AvgIpc) is 2.35. The van der Waals surface area contributed by atoms with E-state index in [0.717, 1.165) is 32.7 Å². The van der Waals surface area contributed by atoms with Crippen LogP contribution < -0.4 is 10.1 Å². The maximum atomic E-state index is 12.6. The third-order valence-corrected chi connectivity index (χ3v) is 2.21. The lowest BCUT2D eigenvalue weighted by atomic mass is 10.3. The smallest absolute Gasteiger partial charge is 0.123 e. The molecular weight excluding hydrogens is 221 g/mol. The van der Waals surface area contributed by atoms with Gasteiger partial charge in [0.15, 0.2) is 0 Å². The molecule has 4 heteroatoms. The van der Waals surface area contributed by atoms with E-state index in [1.165, 1.54) is 12.1 Å². The number of nitrogens with one attached hydrogen (secondary N) is 1. The fourth-order valence-corrected chi connectivity index (χ4v) is 1.34. The summed E-state index contributed by atoms with van der Waals surface area (Å²) in [6.45, 7) is 5.84. The van der Waals surface area contributed by atoms with Gasteiger partial charge in [0.1, 0.15) is 18.2 Å². The zero-order chi connectivity index (χ0) is 12.3. The average molecular weight is 241 g/mol. The predicted octanol–water partition coefficient (Wildman–Crippen LogP) is 2.22. The Morgan fingerprint density at radius 2 is 1.88 bits per heavy atom. The van der Waals surface area contributed by atoms with Crippen molar-refractivity contribution in [2.45, 2.75) is 13.3 Å². The first-order valence-electron chi connectivity index (χ1n) is 5.99. The summed E-state index contributed by atoms with van der Waals surface area (Å²) in [5.41, 5.74) is 0. The molecule has 0 unspecified atom stereocenters. The highest BCUT2D eigenvalue weighted by Gasteiger charge is 1.94. The molecule has 0 fully saturated rings. The molecule has 0 spiro atoms. The van der Waals surface area contributed by atoms with Crippen LogP contribution in [0.4, 0.5) is 4.39 Å². The minimum atomic E-state index is -0.244. The summed E-state index contributed by atoms with van der Waals surface area (Å²) in [4.78, 5) is 0. The van der Waals surface area contributed by atoms with Crippen molar-refractivity contribution < 1.29 is 13.9 Å².